The molecule has 0 unspecified atom stereocenters. The largest absolute Gasteiger partial charge is 0.490 e. The van der Waals surface area contributed by atoms with Gasteiger partial charge in [-0.2, -0.15) is 9.78 Å². The van der Waals surface area contributed by atoms with Crippen LogP contribution in [0.5, 0.6) is 11.5 Å². The first-order valence-electron chi connectivity index (χ1n) is 12.0. The zero-order chi connectivity index (χ0) is 26.5. The molecule has 5 rings (SSSR count). The first-order valence-corrected chi connectivity index (χ1v) is 13.2. The van der Waals surface area contributed by atoms with Gasteiger partial charge in [-0.25, -0.2) is 4.98 Å². The van der Waals surface area contributed by atoms with Crippen molar-refractivity contribution in [3.05, 3.63) is 122 Å². The fourth-order valence-corrected chi connectivity index (χ4v) is 4.60. The van der Waals surface area contributed by atoms with E-state index in [4.69, 9.17) is 26.1 Å². The molecule has 0 amide bonds. The molecule has 0 saturated heterocycles. The Morgan fingerprint density at radius 2 is 1.66 bits per heavy atom. The highest BCUT2D eigenvalue weighted by molar-refractivity contribution is 9.10. The van der Waals surface area contributed by atoms with Crippen molar-refractivity contribution in [3.8, 4) is 22.9 Å². The van der Waals surface area contributed by atoms with E-state index in [2.05, 4.69) is 21.0 Å². The van der Waals surface area contributed by atoms with E-state index in [1.165, 1.54) is 4.68 Å². The predicted octanol–water partition coefficient (Wildman–Crippen LogP) is 7.34. The first-order chi connectivity index (χ1) is 18.6. The molecule has 1 aromatic heterocycles. The van der Waals surface area contributed by atoms with Gasteiger partial charge in [0.1, 0.15) is 11.6 Å². The van der Waals surface area contributed by atoms with Crippen molar-refractivity contribution in [2.24, 2.45) is 5.10 Å². The quantitative estimate of drug-likeness (QED) is 0.178. The monoisotopic (exact) mass is 587 g/mol. The second kappa shape index (κ2) is 11.6. The molecule has 0 bridgehead atoms. The SMILES string of the molecule is CCOc1cc(C=Nn2c(-c3ccccc3)nc3ccccc3c2=O)c(Br)c(Cl)c1OCc1ccccc1. The van der Waals surface area contributed by atoms with Crippen LogP contribution in [0.1, 0.15) is 18.1 Å². The minimum Gasteiger partial charge on any atom is -0.490 e. The molecule has 0 spiro atoms. The van der Waals surface area contributed by atoms with Gasteiger partial charge >= 0.3 is 0 Å². The average Bonchev–Trinajstić information content (AvgIpc) is 2.96. The summed E-state index contributed by atoms with van der Waals surface area (Å²) in [7, 11) is 0. The van der Waals surface area contributed by atoms with Crippen LogP contribution in [0.3, 0.4) is 0 Å². The number of halogens is 2. The summed E-state index contributed by atoms with van der Waals surface area (Å²) in [5.74, 6) is 1.34. The number of rotatable bonds is 8. The normalized spacial score (nSPS) is 11.2. The van der Waals surface area contributed by atoms with Crippen LogP contribution in [0.25, 0.3) is 22.3 Å². The second-order valence-electron chi connectivity index (χ2n) is 8.31. The van der Waals surface area contributed by atoms with Gasteiger partial charge in [0.15, 0.2) is 17.3 Å². The van der Waals surface area contributed by atoms with Crippen molar-refractivity contribution in [1.82, 2.24) is 9.66 Å². The molecular weight excluding hydrogens is 566 g/mol. The Morgan fingerprint density at radius 1 is 0.974 bits per heavy atom. The van der Waals surface area contributed by atoms with Gasteiger partial charge in [0.05, 0.1) is 23.7 Å². The molecule has 8 heteroatoms. The molecule has 0 atom stereocenters. The first kappa shape index (κ1) is 25.7. The fourth-order valence-electron chi connectivity index (χ4n) is 3.95. The molecule has 190 valence electrons. The molecule has 6 nitrogen and oxygen atoms in total. The minimum atomic E-state index is -0.277. The third-order valence-corrected chi connectivity index (χ3v) is 7.22. The van der Waals surface area contributed by atoms with E-state index in [1.807, 2.05) is 79.7 Å². The van der Waals surface area contributed by atoms with Crippen LogP contribution in [-0.4, -0.2) is 22.5 Å². The molecule has 0 N–H and O–H groups in total. The Labute approximate surface area is 233 Å². The number of nitrogens with zero attached hydrogens (tertiary/aromatic N) is 3. The van der Waals surface area contributed by atoms with Gasteiger partial charge in [0.25, 0.3) is 5.56 Å². The lowest BCUT2D eigenvalue weighted by Crippen LogP contribution is -2.20. The Balaban J connectivity index is 1.58. The van der Waals surface area contributed by atoms with Gasteiger partial charge in [-0.05, 0) is 46.6 Å². The van der Waals surface area contributed by atoms with Crippen LogP contribution in [0.2, 0.25) is 5.02 Å². The summed E-state index contributed by atoms with van der Waals surface area (Å²) >= 11 is 10.3. The summed E-state index contributed by atoms with van der Waals surface area (Å²) in [6.07, 6.45) is 1.56. The highest BCUT2D eigenvalue weighted by Gasteiger charge is 2.18. The van der Waals surface area contributed by atoms with Crippen molar-refractivity contribution < 1.29 is 9.47 Å². The van der Waals surface area contributed by atoms with Gasteiger partial charge in [0, 0.05) is 15.6 Å². The van der Waals surface area contributed by atoms with Gasteiger partial charge in [-0.15, -0.1) is 0 Å². The van der Waals surface area contributed by atoms with Crippen LogP contribution in [0.4, 0.5) is 0 Å². The van der Waals surface area contributed by atoms with Crippen LogP contribution in [-0.2, 0) is 6.61 Å². The molecule has 38 heavy (non-hydrogen) atoms. The molecule has 4 aromatic carbocycles. The number of para-hydroxylation sites is 1. The molecule has 5 aromatic rings. The zero-order valence-corrected chi connectivity index (χ0v) is 22.8. The summed E-state index contributed by atoms with van der Waals surface area (Å²) in [4.78, 5) is 18.2. The summed E-state index contributed by atoms with van der Waals surface area (Å²) in [6, 6.07) is 28.3. The van der Waals surface area contributed by atoms with E-state index >= 15 is 0 Å². The molecule has 1 heterocycles. The number of hydrogen-bond donors (Lipinski definition) is 0. The van der Waals surface area contributed by atoms with Gasteiger partial charge < -0.3 is 9.47 Å². The van der Waals surface area contributed by atoms with Crippen molar-refractivity contribution in [2.45, 2.75) is 13.5 Å². The van der Waals surface area contributed by atoms with E-state index in [1.54, 1.807) is 24.4 Å². The Hall–Kier alpha value is -3.94. The third kappa shape index (κ3) is 5.35. The summed E-state index contributed by atoms with van der Waals surface area (Å²) < 4.78 is 13.8. The van der Waals surface area contributed by atoms with Gasteiger partial charge in [-0.1, -0.05) is 84.4 Å². The number of benzene rings is 4. The molecule has 0 aliphatic rings. The molecule has 0 fully saturated rings. The van der Waals surface area contributed by atoms with Crippen LogP contribution in [0, 0.1) is 0 Å². The maximum atomic E-state index is 13.5. The lowest BCUT2D eigenvalue weighted by molar-refractivity contribution is 0.269. The zero-order valence-electron chi connectivity index (χ0n) is 20.5. The molecule has 0 aliphatic heterocycles. The van der Waals surface area contributed by atoms with Crippen LogP contribution in [0.15, 0.2) is 105 Å². The summed E-state index contributed by atoms with van der Waals surface area (Å²) in [5, 5.41) is 5.38. The summed E-state index contributed by atoms with van der Waals surface area (Å²) in [6.45, 7) is 2.64. The number of fused-ring (bicyclic) bond motifs is 1. The molecular formula is C30H23BrClN3O3. The highest BCUT2D eigenvalue weighted by Crippen LogP contribution is 2.42. The summed E-state index contributed by atoms with van der Waals surface area (Å²) in [5.41, 5.74) is 2.71. The Morgan fingerprint density at radius 3 is 2.39 bits per heavy atom. The number of hydrogen-bond acceptors (Lipinski definition) is 5. The number of aromatic nitrogens is 2. The second-order valence-corrected chi connectivity index (χ2v) is 9.48. The molecule has 0 radical (unpaired) electrons. The predicted molar refractivity (Wildman–Crippen MR) is 156 cm³/mol. The topological polar surface area (TPSA) is 65.7 Å². The van der Waals surface area contributed by atoms with E-state index in [0.717, 1.165) is 11.1 Å². The van der Waals surface area contributed by atoms with Crippen molar-refractivity contribution >= 4 is 44.6 Å². The number of ether oxygens (including phenoxy) is 2. The minimum absolute atomic E-state index is 0.277. The Kier molecular flexibility index (Phi) is 7.86. The van der Waals surface area contributed by atoms with Crippen LogP contribution >= 0.6 is 27.5 Å². The van der Waals surface area contributed by atoms with Crippen molar-refractivity contribution in [3.63, 3.8) is 0 Å². The van der Waals surface area contributed by atoms with E-state index in [0.29, 0.717) is 56.5 Å². The third-order valence-electron chi connectivity index (χ3n) is 5.78. The molecule has 0 saturated carbocycles. The van der Waals surface area contributed by atoms with Gasteiger partial charge in [0.2, 0.25) is 0 Å². The highest BCUT2D eigenvalue weighted by atomic mass is 79.9. The van der Waals surface area contributed by atoms with Gasteiger partial charge in [-0.3, -0.25) is 4.79 Å². The smallest absolute Gasteiger partial charge is 0.282 e. The van der Waals surface area contributed by atoms with E-state index in [9.17, 15) is 4.79 Å². The van der Waals surface area contributed by atoms with E-state index < -0.39 is 0 Å². The van der Waals surface area contributed by atoms with Crippen LogP contribution < -0.4 is 15.0 Å². The van der Waals surface area contributed by atoms with E-state index in [-0.39, 0.29) is 5.56 Å². The maximum absolute atomic E-state index is 13.5. The van der Waals surface area contributed by atoms with Crippen molar-refractivity contribution in [1.29, 1.82) is 0 Å². The van der Waals surface area contributed by atoms with Crippen molar-refractivity contribution in [2.75, 3.05) is 6.61 Å². The fraction of sp³-hybridized carbons (Fsp3) is 0.100. The maximum Gasteiger partial charge on any atom is 0.282 e. The lowest BCUT2D eigenvalue weighted by Gasteiger charge is -2.16. The lowest BCUT2D eigenvalue weighted by atomic mass is 10.2. The Bertz CT molecular complexity index is 1670. The molecule has 0 aliphatic carbocycles. The average molecular weight is 589 g/mol. The standard InChI is InChI=1S/C30H23BrClN3O3/c1-2-37-25-17-22(26(31)27(32)28(25)38-19-20-11-5-3-6-12-20)18-33-35-29(21-13-7-4-8-14-21)34-24-16-10-9-15-23(24)30(35)36/h3-18H,2,19H2,1H3.